The quantitative estimate of drug-likeness (QED) is 0.483. The molecule has 0 spiro atoms. The minimum absolute atomic E-state index is 0.122. The summed E-state index contributed by atoms with van der Waals surface area (Å²) in [4.78, 5) is 14.3. The molecule has 0 saturated carbocycles. The lowest BCUT2D eigenvalue weighted by Crippen LogP contribution is -2.42. The lowest BCUT2D eigenvalue weighted by atomic mass is 10.0. The van der Waals surface area contributed by atoms with Crippen molar-refractivity contribution in [3.05, 3.63) is 35.9 Å². The van der Waals surface area contributed by atoms with Gasteiger partial charge in [0.2, 0.25) is 0 Å². The summed E-state index contributed by atoms with van der Waals surface area (Å²) in [6, 6.07) is 9.62. The summed E-state index contributed by atoms with van der Waals surface area (Å²) in [5, 5.41) is 0. The van der Waals surface area contributed by atoms with Crippen molar-refractivity contribution in [2.45, 2.75) is 32.2 Å². The van der Waals surface area contributed by atoms with Crippen LogP contribution in [0.2, 0.25) is 0 Å². The van der Waals surface area contributed by atoms with E-state index in [1.807, 2.05) is 30.3 Å². The summed E-state index contributed by atoms with van der Waals surface area (Å²) in [6.45, 7) is 4.17. The molecule has 0 bridgehead atoms. The molecular weight excluding hydrogens is 238 g/mol. The lowest BCUT2D eigenvalue weighted by molar-refractivity contribution is -0.126. The summed E-state index contributed by atoms with van der Waals surface area (Å²) in [5.41, 5.74) is 3.32. The molecule has 1 heterocycles. The Kier molecular flexibility index (Phi) is 4.93. The van der Waals surface area contributed by atoms with Crippen molar-refractivity contribution in [2.75, 3.05) is 13.1 Å². The highest BCUT2D eigenvalue weighted by molar-refractivity contribution is 5.82. The van der Waals surface area contributed by atoms with Crippen LogP contribution >= 0.6 is 0 Å². The molecule has 4 nitrogen and oxygen atoms in total. The fraction of sp³-hybridized carbons (Fsp3) is 0.533. The molecule has 1 fully saturated rings. The Balaban J connectivity index is 2.14. The van der Waals surface area contributed by atoms with Crippen LogP contribution in [0.15, 0.2) is 30.3 Å². The van der Waals surface area contributed by atoms with E-state index in [1.165, 1.54) is 19.3 Å². The number of carbonyl (C=O) groups is 1. The van der Waals surface area contributed by atoms with E-state index >= 15 is 0 Å². The second-order valence-electron chi connectivity index (χ2n) is 5.26. The number of benzene rings is 1. The monoisotopic (exact) mass is 261 g/mol. The van der Waals surface area contributed by atoms with Gasteiger partial charge in [-0.05, 0) is 30.9 Å². The molecule has 4 heteroatoms. The molecule has 0 aliphatic carbocycles. The summed E-state index contributed by atoms with van der Waals surface area (Å²) in [7, 11) is 0. The van der Waals surface area contributed by atoms with Crippen LogP contribution in [0.4, 0.5) is 0 Å². The fourth-order valence-corrected chi connectivity index (χ4v) is 2.98. The summed E-state index contributed by atoms with van der Waals surface area (Å²) < 4.78 is 0. The van der Waals surface area contributed by atoms with Gasteiger partial charge >= 0.3 is 0 Å². The molecule has 2 rings (SSSR count). The summed E-state index contributed by atoms with van der Waals surface area (Å²) in [5.74, 6) is 5.93. The van der Waals surface area contributed by atoms with Gasteiger partial charge in [-0.2, -0.15) is 0 Å². The Morgan fingerprint density at radius 1 is 1.47 bits per heavy atom. The zero-order valence-corrected chi connectivity index (χ0v) is 11.5. The first kappa shape index (κ1) is 14.0. The number of amides is 1. The SMILES string of the molecule is CCCC1CCN(C(C(=O)NN)c2ccccc2)C1. The fourth-order valence-electron chi connectivity index (χ4n) is 2.98. The number of nitrogens with zero attached hydrogens (tertiary/aromatic N) is 1. The standard InChI is InChI=1S/C15H23N3O/c1-2-6-12-9-10-18(11-12)14(15(19)17-16)13-7-4-3-5-8-13/h3-5,7-8,12,14H,2,6,9-11,16H2,1H3,(H,17,19). The molecule has 1 amide bonds. The topological polar surface area (TPSA) is 58.4 Å². The van der Waals surface area contributed by atoms with Crippen LogP contribution < -0.4 is 11.3 Å². The Bertz CT molecular complexity index is 407. The van der Waals surface area contributed by atoms with E-state index in [9.17, 15) is 4.79 Å². The number of hydrogen-bond donors (Lipinski definition) is 2. The van der Waals surface area contributed by atoms with Crippen LogP contribution in [-0.4, -0.2) is 23.9 Å². The number of hydrazine groups is 1. The van der Waals surface area contributed by atoms with Crippen LogP contribution in [0.5, 0.6) is 0 Å². The first-order valence-corrected chi connectivity index (χ1v) is 7.05. The molecule has 1 saturated heterocycles. The van der Waals surface area contributed by atoms with Crippen molar-refractivity contribution in [2.24, 2.45) is 11.8 Å². The van der Waals surface area contributed by atoms with Crippen LogP contribution in [0.25, 0.3) is 0 Å². The minimum Gasteiger partial charge on any atom is -0.293 e. The zero-order valence-electron chi connectivity index (χ0n) is 11.5. The Labute approximate surface area is 114 Å². The van der Waals surface area contributed by atoms with E-state index < -0.39 is 0 Å². The third kappa shape index (κ3) is 3.33. The molecule has 2 unspecified atom stereocenters. The normalized spacial score (nSPS) is 21.3. The second kappa shape index (κ2) is 6.68. The van der Waals surface area contributed by atoms with Gasteiger partial charge in [-0.1, -0.05) is 43.7 Å². The van der Waals surface area contributed by atoms with Gasteiger partial charge in [0, 0.05) is 6.54 Å². The second-order valence-corrected chi connectivity index (χ2v) is 5.26. The average Bonchev–Trinajstić information content (AvgIpc) is 2.89. The third-order valence-corrected chi connectivity index (χ3v) is 3.89. The van der Waals surface area contributed by atoms with E-state index in [0.717, 1.165) is 18.7 Å². The smallest absolute Gasteiger partial charge is 0.255 e. The maximum atomic E-state index is 12.1. The van der Waals surface area contributed by atoms with Crippen molar-refractivity contribution in [3.8, 4) is 0 Å². The van der Waals surface area contributed by atoms with Crippen molar-refractivity contribution >= 4 is 5.91 Å². The number of likely N-dealkylation sites (tertiary alicyclic amines) is 1. The maximum absolute atomic E-state index is 12.1. The van der Waals surface area contributed by atoms with Crippen molar-refractivity contribution in [1.29, 1.82) is 0 Å². The highest BCUT2D eigenvalue weighted by Crippen LogP contribution is 2.29. The van der Waals surface area contributed by atoms with Gasteiger partial charge in [-0.3, -0.25) is 15.1 Å². The average molecular weight is 261 g/mol. The van der Waals surface area contributed by atoms with Gasteiger partial charge in [0.1, 0.15) is 6.04 Å². The van der Waals surface area contributed by atoms with E-state index in [-0.39, 0.29) is 11.9 Å². The zero-order chi connectivity index (χ0) is 13.7. The molecule has 1 aromatic carbocycles. The lowest BCUT2D eigenvalue weighted by Gasteiger charge is -2.26. The number of nitrogens with two attached hydrogens (primary N) is 1. The van der Waals surface area contributed by atoms with Crippen molar-refractivity contribution in [1.82, 2.24) is 10.3 Å². The third-order valence-electron chi connectivity index (χ3n) is 3.89. The van der Waals surface area contributed by atoms with Gasteiger partial charge in [0.25, 0.3) is 5.91 Å². The molecule has 1 aliphatic heterocycles. The summed E-state index contributed by atoms with van der Waals surface area (Å²) >= 11 is 0. The number of carbonyl (C=O) groups excluding carboxylic acids is 1. The molecule has 3 N–H and O–H groups in total. The van der Waals surface area contributed by atoms with Gasteiger partial charge in [-0.25, -0.2) is 5.84 Å². The van der Waals surface area contributed by atoms with E-state index in [2.05, 4.69) is 17.2 Å². The maximum Gasteiger partial charge on any atom is 0.255 e. The van der Waals surface area contributed by atoms with Gasteiger partial charge in [-0.15, -0.1) is 0 Å². The molecular formula is C15H23N3O. The van der Waals surface area contributed by atoms with Crippen molar-refractivity contribution in [3.63, 3.8) is 0 Å². The van der Waals surface area contributed by atoms with E-state index in [4.69, 9.17) is 5.84 Å². The number of rotatable bonds is 5. The molecule has 19 heavy (non-hydrogen) atoms. The molecule has 104 valence electrons. The first-order chi connectivity index (χ1) is 9.26. The molecule has 2 atom stereocenters. The predicted molar refractivity (Wildman–Crippen MR) is 76.1 cm³/mol. The minimum atomic E-state index is -0.256. The van der Waals surface area contributed by atoms with Gasteiger partial charge < -0.3 is 0 Å². The number of nitrogens with one attached hydrogen (secondary N) is 1. The Morgan fingerprint density at radius 3 is 2.84 bits per heavy atom. The van der Waals surface area contributed by atoms with E-state index in [0.29, 0.717) is 5.92 Å². The predicted octanol–water partition coefficient (Wildman–Crippen LogP) is 1.84. The van der Waals surface area contributed by atoms with Gasteiger partial charge in [0.05, 0.1) is 0 Å². The molecule has 1 aliphatic rings. The molecule has 0 radical (unpaired) electrons. The molecule has 1 aromatic rings. The summed E-state index contributed by atoms with van der Waals surface area (Å²) in [6.07, 6.45) is 3.62. The van der Waals surface area contributed by atoms with Crippen molar-refractivity contribution < 1.29 is 4.79 Å². The first-order valence-electron chi connectivity index (χ1n) is 7.05. The van der Waals surface area contributed by atoms with Crippen LogP contribution in [-0.2, 0) is 4.79 Å². The van der Waals surface area contributed by atoms with Crippen LogP contribution in [0, 0.1) is 5.92 Å². The van der Waals surface area contributed by atoms with Crippen LogP contribution in [0.1, 0.15) is 37.8 Å². The highest BCUT2D eigenvalue weighted by Gasteiger charge is 2.32. The highest BCUT2D eigenvalue weighted by atomic mass is 16.2. The Morgan fingerprint density at radius 2 is 2.21 bits per heavy atom. The van der Waals surface area contributed by atoms with Crippen LogP contribution in [0.3, 0.4) is 0 Å². The van der Waals surface area contributed by atoms with Gasteiger partial charge in [0.15, 0.2) is 0 Å². The van der Waals surface area contributed by atoms with E-state index in [1.54, 1.807) is 0 Å². The Hall–Kier alpha value is -1.39. The largest absolute Gasteiger partial charge is 0.293 e. The molecule has 0 aromatic heterocycles. The number of hydrogen-bond acceptors (Lipinski definition) is 3.